The first-order chi connectivity index (χ1) is 31.7. The minimum atomic E-state index is 0.582. The van der Waals surface area contributed by atoms with Crippen LogP contribution in [0.5, 0.6) is 0 Å². The van der Waals surface area contributed by atoms with Crippen molar-refractivity contribution in [1.29, 1.82) is 0 Å². The third-order valence-corrected chi connectivity index (χ3v) is 12.9. The second-order valence-corrected chi connectivity index (χ2v) is 16.6. The third kappa shape index (κ3) is 5.82. The van der Waals surface area contributed by atoms with Crippen LogP contribution in [0, 0.1) is 0 Å². The van der Waals surface area contributed by atoms with Crippen molar-refractivity contribution >= 4 is 60.6 Å². The third-order valence-electron chi connectivity index (χ3n) is 12.9. The maximum atomic E-state index is 6.91. The Hall–Kier alpha value is -8.41. The van der Waals surface area contributed by atoms with Gasteiger partial charge in [0.05, 0.1) is 16.7 Å². The molecule has 0 saturated heterocycles. The Labute approximate surface area is 369 Å². The Morgan fingerprint density at radius 3 is 1.80 bits per heavy atom. The highest BCUT2D eigenvalue weighted by atomic mass is 16.3. The summed E-state index contributed by atoms with van der Waals surface area (Å²) in [5.74, 6) is 1.80. The highest BCUT2D eigenvalue weighted by Gasteiger charge is 2.23. The summed E-state index contributed by atoms with van der Waals surface area (Å²) < 4.78 is 9.34. The quantitative estimate of drug-likeness (QED) is 0.168. The van der Waals surface area contributed by atoms with Crippen LogP contribution in [0.25, 0.3) is 123 Å². The fraction of sp³-hybridized carbons (Fsp3) is 0.0339. The number of para-hydroxylation sites is 1. The van der Waals surface area contributed by atoms with Crippen molar-refractivity contribution in [3.63, 3.8) is 0 Å². The molecule has 64 heavy (non-hydrogen) atoms. The number of aryl methyl sites for hydroxylation is 1. The maximum absolute atomic E-state index is 6.91. The molecule has 0 atom stereocenters. The number of hydrogen-bond acceptors (Lipinski definition) is 4. The topological polar surface area (TPSA) is 56.7 Å². The zero-order chi connectivity index (χ0) is 42.1. The summed E-state index contributed by atoms with van der Waals surface area (Å²) in [6.45, 7) is 0. The highest BCUT2D eigenvalue weighted by Crippen LogP contribution is 2.44. The lowest BCUT2D eigenvalue weighted by atomic mass is 9.94. The Kier molecular flexibility index (Phi) is 8.28. The van der Waals surface area contributed by atoms with Crippen molar-refractivity contribution in [2.75, 3.05) is 0 Å². The van der Waals surface area contributed by atoms with Gasteiger partial charge in [0.15, 0.2) is 17.5 Å². The van der Waals surface area contributed by atoms with E-state index in [-0.39, 0.29) is 0 Å². The van der Waals surface area contributed by atoms with Crippen LogP contribution in [0.15, 0.2) is 205 Å². The normalized spacial score (nSPS) is 12.5. The first kappa shape index (κ1) is 36.3. The van der Waals surface area contributed by atoms with Crippen LogP contribution >= 0.6 is 0 Å². The van der Waals surface area contributed by atoms with Gasteiger partial charge >= 0.3 is 0 Å². The van der Waals surface area contributed by atoms with E-state index in [2.05, 4.69) is 187 Å². The first-order valence-corrected chi connectivity index (χ1v) is 21.9. The van der Waals surface area contributed by atoms with Gasteiger partial charge in [-0.1, -0.05) is 164 Å². The van der Waals surface area contributed by atoms with Crippen molar-refractivity contribution in [2.45, 2.75) is 12.8 Å². The smallest absolute Gasteiger partial charge is 0.164 e. The van der Waals surface area contributed by atoms with Crippen LogP contribution in [0.3, 0.4) is 0 Å². The van der Waals surface area contributed by atoms with E-state index in [1.807, 2.05) is 24.3 Å². The second kappa shape index (κ2) is 14.6. The van der Waals surface area contributed by atoms with E-state index in [1.54, 1.807) is 0 Å². The van der Waals surface area contributed by atoms with Gasteiger partial charge in [0.25, 0.3) is 0 Å². The molecule has 1 aliphatic rings. The molecule has 5 heteroatoms. The predicted molar refractivity (Wildman–Crippen MR) is 263 cm³/mol. The van der Waals surface area contributed by atoms with E-state index >= 15 is 0 Å². The fourth-order valence-electron chi connectivity index (χ4n) is 9.93. The van der Waals surface area contributed by atoms with Gasteiger partial charge in [0.2, 0.25) is 0 Å². The van der Waals surface area contributed by atoms with Crippen LogP contribution < -0.4 is 0 Å². The molecule has 3 heterocycles. The van der Waals surface area contributed by atoms with Gasteiger partial charge in [-0.2, -0.15) is 0 Å². The molecule has 0 spiro atoms. The van der Waals surface area contributed by atoms with E-state index < -0.39 is 0 Å². The van der Waals surface area contributed by atoms with Gasteiger partial charge in [-0.3, -0.25) is 0 Å². The van der Waals surface area contributed by atoms with E-state index in [9.17, 15) is 0 Å². The molecule has 13 rings (SSSR count). The average molecular weight is 819 g/mol. The molecule has 0 radical (unpaired) electrons. The van der Waals surface area contributed by atoms with E-state index in [1.165, 1.54) is 27.4 Å². The van der Waals surface area contributed by atoms with E-state index in [0.29, 0.717) is 17.5 Å². The van der Waals surface area contributed by atoms with Crippen molar-refractivity contribution in [3.05, 3.63) is 211 Å². The Morgan fingerprint density at radius 1 is 0.406 bits per heavy atom. The minimum Gasteiger partial charge on any atom is -0.456 e. The van der Waals surface area contributed by atoms with Gasteiger partial charge in [-0.25, -0.2) is 15.0 Å². The summed E-state index contributed by atoms with van der Waals surface area (Å²) >= 11 is 0. The molecule has 300 valence electrons. The lowest BCUT2D eigenvalue weighted by Crippen LogP contribution is -2.01. The van der Waals surface area contributed by atoms with Gasteiger partial charge in [0.1, 0.15) is 11.2 Å². The van der Waals surface area contributed by atoms with E-state index in [0.717, 1.165) is 95.7 Å². The molecule has 0 bridgehead atoms. The van der Waals surface area contributed by atoms with Gasteiger partial charge in [-0.05, 0) is 87.8 Å². The number of hydrogen-bond donors (Lipinski definition) is 0. The molecule has 0 amide bonds. The van der Waals surface area contributed by atoms with Crippen LogP contribution in [-0.2, 0) is 6.42 Å². The van der Waals surface area contributed by atoms with Crippen molar-refractivity contribution < 1.29 is 4.42 Å². The molecular weight excluding hydrogens is 781 g/mol. The maximum Gasteiger partial charge on any atom is 0.164 e. The summed E-state index contributed by atoms with van der Waals surface area (Å²) in [7, 11) is 0. The molecule has 9 aromatic carbocycles. The largest absolute Gasteiger partial charge is 0.456 e. The molecule has 0 unspecified atom stereocenters. The minimum absolute atomic E-state index is 0.582. The van der Waals surface area contributed by atoms with Gasteiger partial charge < -0.3 is 8.98 Å². The molecule has 0 N–H and O–H groups in total. The number of allylic oxidation sites excluding steroid dienone is 1. The summed E-state index contributed by atoms with van der Waals surface area (Å²) in [6.07, 6.45) is 6.69. The second-order valence-electron chi connectivity index (χ2n) is 16.6. The molecule has 0 aliphatic heterocycles. The van der Waals surface area contributed by atoms with Crippen molar-refractivity contribution in [1.82, 2.24) is 19.5 Å². The zero-order valence-corrected chi connectivity index (χ0v) is 34.7. The summed E-state index contributed by atoms with van der Waals surface area (Å²) in [4.78, 5) is 15.8. The van der Waals surface area contributed by atoms with Crippen LogP contribution in [0.2, 0.25) is 0 Å². The molecule has 12 aromatic rings. The molecular formula is C59H38N4O. The number of benzene rings is 9. The Morgan fingerprint density at radius 2 is 1.03 bits per heavy atom. The number of aromatic nitrogens is 4. The standard InChI is InChI=1S/C59H38N4O/c1-4-17-37(18-5-1)42-31-32-46(44-26-13-12-25-43(42)44)58-60-57(39-21-8-3-9-22-39)61-59(62-58)47-28-16-30-54-56(47)50-35-48(38-19-6-2-7-20-38)53(36-55(50)64-54)63-51-29-15-14-27-45(51)49-33-40-23-10-11-24-41(40)34-52(49)63/h1-9,11-22,24-36H,10,23H2. The van der Waals surface area contributed by atoms with Crippen molar-refractivity contribution in [2.24, 2.45) is 0 Å². The van der Waals surface area contributed by atoms with Gasteiger partial charge in [-0.15, -0.1) is 0 Å². The summed E-state index contributed by atoms with van der Waals surface area (Å²) in [5.41, 5.74) is 14.9. The molecule has 5 nitrogen and oxygen atoms in total. The molecule has 3 aromatic heterocycles. The Bertz CT molecular complexity index is 3830. The molecule has 0 saturated carbocycles. The van der Waals surface area contributed by atoms with Gasteiger partial charge in [0, 0.05) is 49.9 Å². The van der Waals surface area contributed by atoms with Crippen LogP contribution in [0.4, 0.5) is 0 Å². The monoisotopic (exact) mass is 818 g/mol. The number of rotatable bonds is 6. The first-order valence-electron chi connectivity index (χ1n) is 21.9. The van der Waals surface area contributed by atoms with Crippen LogP contribution in [0.1, 0.15) is 17.5 Å². The zero-order valence-electron chi connectivity index (χ0n) is 34.7. The summed E-state index contributed by atoms with van der Waals surface area (Å²) in [5, 5.41) is 6.68. The molecule has 0 fully saturated rings. The van der Waals surface area contributed by atoms with Crippen molar-refractivity contribution in [3.8, 4) is 62.1 Å². The SMILES string of the molecule is C1=Cc2cc3c(cc2CC1)c1ccccc1n3-c1cc2oc3cccc(-c4nc(-c5ccccc5)nc(-c5ccc(-c6ccccc6)c6ccccc56)n4)c3c2cc1-c1ccccc1. The average Bonchev–Trinajstić information content (AvgIpc) is 3.90. The number of nitrogens with zero attached hydrogens (tertiary/aromatic N) is 4. The Balaban J connectivity index is 1.06. The number of fused-ring (bicyclic) bond motifs is 8. The lowest BCUT2D eigenvalue weighted by Gasteiger charge is -2.16. The fourth-order valence-corrected chi connectivity index (χ4v) is 9.93. The van der Waals surface area contributed by atoms with Crippen LogP contribution in [-0.4, -0.2) is 19.5 Å². The predicted octanol–water partition coefficient (Wildman–Crippen LogP) is 15.3. The van der Waals surface area contributed by atoms with E-state index in [4.69, 9.17) is 19.4 Å². The number of furan rings is 1. The lowest BCUT2D eigenvalue weighted by molar-refractivity contribution is 0.668. The summed E-state index contributed by atoms with van der Waals surface area (Å²) in [6, 6.07) is 68.6. The highest BCUT2D eigenvalue weighted by molar-refractivity contribution is 6.15. The molecule has 1 aliphatic carbocycles.